The van der Waals surface area contributed by atoms with Crippen LogP contribution in [0.15, 0.2) is 0 Å². The number of hydrogen-bond donors (Lipinski definition) is 3. The van der Waals surface area contributed by atoms with Crippen molar-refractivity contribution in [3.8, 4) is 0 Å². The molecule has 1 aliphatic heterocycles. The molecule has 3 heteroatoms. The molecule has 3 nitrogen and oxygen atoms in total. The Morgan fingerprint density at radius 3 is 2.92 bits per heavy atom. The van der Waals surface area contributed by atoms with Crippen LogP contribution in [0.4, 0.5) is 0 Å². The minimum absolute atomic E-state index is 0.105. The van der Waals surface area contributed by atoms with E-state index in [1.807, 2.05) is 6.92 Å². The van der Waals surface area contributed by atoms with Gasteiger partial charge in [0, 0.05) is 12.6 Å². The summed E-state index contributed by atoms with van der Waals surface area (Å²) in [5, 5.41) is 21.9. The van der Waals surface area contributed by atoms with E-state index in [1.54, 1.807) is 0 Å². The van der Waals surface area contributed by atoms with Crippen molar-refractivity contribution in [1.29, 1.82) is 0 Å². The molecule has 0 bridgehead atoms. The monoisotopic (exact) mass is 173 g/mol. The molecule has 3 atom stereocenters. The molecule has 0 spiro atoms. The Morgan fingerprint density at radius 2 is 2.33 bits per heavy atom. The summed E-state index contributed by atoms with van der Waals surface area (Å²) in [6.07, 6.45) is 2.60. The van der Waals surface area contributed by atoms with Crippen LogP contribution in [0.3, 0.4) is 0 Å². The molecule has 3 N–H and O–H groups in total. The SMILES string of the molecule is CCC(O)C1NCCCC1CO. The normalized spacial score (nSPS) is 33.2. The molecule has 1 saturated heterocycles. The van der Waals surface area contributed by atoms with E-state index in [0.717, 1.165) is 25.8 Å². The average molecular weight is 173 g/mol. The van der Waals surface area contributed by atoms with Crippen LogP contribution < -0.4 is 5.32 Å². The molecule has 1 rings (SSSR count). The summed E-state index contributed by atoms with van der Waals surface area (Å²) in [6, 6.07) is 0.105. The van der Waals surface area contributed by atoms with Gasteiger partial charge in [0.25, 0.3) is 0 Å². The van der Waals surface area contributed by atoms with Gasteiger partial charge < -0.3 is 15.5 Å². The summed E-state index contributed by atoms with van der Waals surface area (Å²) < 4.78 is 0. The molecule has 0 aromatic heterocycles. The van der Waals surface area contributed by atoms with Gasteiger partial charge in [-0.3, -0.25) is 0 Å². The Hall–Kier alpha value is -0.120. The maximum atomic E-state index is 9.61. The second kappa shape index (κ2) is 4.80. The summed E-state index contributed by atoms with van der Waals surface area (Å²) in [5.41, 5.74) is 0. The van der Waals surface area contributed by atoms with Crippen LogP contribution in [-0.4, -0.2) is 35.5 Å². The van der Waals surface area contributed by atoms with Gasteiger partial charge in [-0.1, -0.05) is 6.92 Å². The lowest BCUT2D eigenvalue weighted by Crippen LogP contribution is -2.50. The largest absolute Gasteiger partial charge is 0.396 e. The number of piperidine rings is 1. The zero-order valence-corrected chi connectivity index (χ0v) is 7.66. The Bertz CT molecular complexity index is 130. The Balaban J connectivity index is 2.46. The zero-order valence-electron chi connectivity index (χ0n) is 7.66. The smallest absolute Gasteiger partial charge is 0.0694 e. The molecule has 1 fully saturated rings. The summed E-state index contributed by atoms with van der Waals surface area (Å²) in [7, 11) is 0. The number of rotatable bonds is 3. The molecular weight excluding hydrogens is 154 g/mol. The van der Waals surface area contributed by atoms with Gasteiger partial charge in [0.2, 0.25) is 0 Å². The number of hydrogen-bond acceptors (Lipinski definition) is 3. The standard InChI is InChI=1S/C9H19NO2/c1-2-8(12)9-7(6-11)4-3-5-10-9/h7-12H,2-6H2,1H3. The second-order valence-electron chi connectivity index (χ2n) is 3.54. The predicted octanol–water partition coefficient (Wildman–Crippen LogP) is 0.118. The first-order valence-electron chi connectivity index (χ1n) is 4.82. The van der Waals surface area contributed by atoms with Crippen LogP contribution in [0.2, 0.25) is 0 Å². The van der Waals surface area contributed by atoms with Crippen molar-refractivity contribution in [3.05, 3.63) is 0 Å². The fraction of sp³-hybridized carbons (Fsp3) is 1.00. The molecule has 1 heterocycles. The van der Waals surface area contributed by atoms with Crippen LogP contribution >= 0.6 is 0 Å². The highest BCUT2D eigenvalue weighted by molar-refractivity contribution is 4.85. The lowest BCUT2D eigenvalue weighted by molar-refractivity contribution is 0.0530. The predicted molar refractivity (Wildman–Crippen MR) is 47.9 cm³/mol. The van der Waals surface area contributed by atoms with Crippen molar-refractivity contribution >= 4 is 0 Å². The topological polar surface area (TPSA) is 52.5 Å². The molecule has 12 heavy (non-hydrogen) atoms. The first-order valence-corrected chi connectivity index (χ1v) is 4.82. The van der Waals surface area contributed by atoms with Crippen molar-refractivity contribution < 1.29 is 10.2 Å². The first kappa shape index (κ1) is 9.96. The minimum Gasteiger partial charge on any atom is -0.396 e. The van der Waals surface area contributed by atoms with Gasteiger partial charge >= 0.3 is 0 Å². The van der Waals surface area contributed by atoms with Crippen molar-refractivity contribution in [2.45, 2.75) is 38.3 Å². The minimum atomic E-state index is -0.303. The van der Waals surface area contributed by atoms with Gasteiger partial charge in [-0.25, -0.2) is 0 Å². The van der Waals surface area contributed by atoms with Gasteiger partial charge in [-0.15, -0.1) is 0 Å². The molecule has 0 aromatic rings. The molecule has 72 valence electrons. The third kappa shape index (κ3) is 2.19. The Morgan fingerprint density at radius 1 is 1.58 bits per heavy atom. The highest BCUT2D eigenvalue weighted by Crippen LogP contribution is 2.19. The van der Waals surface area contributed by atoms with Crippen molar-refractivity contribution in [3.63, 3.8) is 0 Å². The van der Waals surface area contributed by atoms with Crippen LogP contribution in [0, 0.1) is 5.92 Å². The molecule has 0 aliphatic carbocycles. The Labute approximate surface area is 73.8 Å². The quantitative estimate of drug-likeness (QED) is 0.568. The van der Waals surface area contributed by atoms with Crippen LogP contribution in [0.5, 0.6) is 0 Å². The third-order valence-electron chi connectivity index (χ3n) is 2.71. The molecule has 3 unspecified atom stereocenters. The van der Waals surface area contributed by atoms with Crippen molar-refractivity contribution in [2.75, 3.05) is 13.2 Å². The van der Waals surface area contributed by atoms with Crippen LogP contribution in [-0.2, 0) is 0 Å². The Kier molecular flexibility index (Phi) is 3.98. The summed E-state index contributed by atoms with van der Waals surface area (Å²) in [4.78, 5) is 0. The molecule has 0 radical (unpaired) electrons. The average Bonchev–Trinajstić information content (AvgIpc) is 2.16. The van der Waals surface area contributed by atoms with Gasteiger partial charge in [0.1, 0.15) is 0 Å². The van der Waals surface area contributed by atoms with Gasteiger partial charge in [0.05, 0.1) is 6.10 Å². The lowest BCUT2D eigenvalue weighted by Gasteiger charge is -2.34. The maximum absolute atomic E-state index is 9.61. The van der Waals surface area contributed by atoms with Gasteiger partial charge in [-0.05, 0) is 31.7 Å². The molecule has 0 amide bonds. The van der Waals surface area contributed by atoms with Crippen molar-refractivity contribution in [2.24, 2.45) is 5.92 Å². The maximum Gasteiger partial charge on any atom is 0.0694 e. The number of aliphatic hydroxyl groups excluding tert-OH is 2. The van der Waals surface area contributed by atoms with Gasteiger partial charge in [-0.2, -0.15) is 0 Å². The molecule has 0 aromatic carbocycles. The van der Waals surface area contributed by atoms with E-state index in [9.17, 15) is 5.11 Å². The van der Waals surface area contributed by atoms with Gasteiger partial charge in [0.15, 0.2) is 0 Å². The van der Waals surface area contributed by atoms with Crippen molar-refractivity contribution in [1.82, 2.24) is 5.32 Å². The second-order valence-corrected chi connectivity index (χ2v) is 3.54. The highest BCUT2D eigenvalue weighted by Gasteiger charge is 2.28. The molecular formula is C9H19NO2. The first-order chi connectivity index (χ1) is 5.79. The van der Waals surface area contributed by atoms with Crippen LogP contribution in [0.1, 0.15) is 26.2 Å². The zero-order chi connectivity index (χ0) is 8.97. The number of nitrogens with one attached hydrogen (secondary N) is 1. The molecule has 0 saturated carbocycles. The highest BCUT2D eigenvalue weighted by atomic mass is 16.3. The fourth-order valence-electron chi connectivity index (χ4n) is 1.89. The fourth-order valence-corrected chi connectivity index (χ4v) is 1.89. The summed E-state index contributed by atoms with van der Waals surface area (Å²) in [6.45, 7) is 3.13. The lowest BCUT2D eigenvalue weighted by atomic mass is 9.87. The molecule has 1 aliphatic rings. The van der Waals surface area contributed by atoms with E-state index >= 15 is 0 Å². The summed E-state index contributed by atoms with van der Waals surface area (Å²) in [5.74, 6) is 0.244. The van der Waals surface area contributed by atoms with Crippen LogP contribution in [0.25, 0.3) is 0 Å². The van der Waals surface area contributed by atoms with E-state index in [4.69, 9.17) is 5.11 Å². The van der Waals surface area contributed by atoms with E-state index in [2.05, 4.69) is 5.32 Å². The summed E-state index contributed by atoms with van der Waals surface area (Å²) >= 11 is 0. The van der Waals surface area contributed by atoms with E-state index in [0.29, 0.717) is 0 Å². The number of aliphatic hydroxyl groups is 2. The van der Waals surface area contributed by atoms with E-state index < -0.39 is 0 Å². The third-order valence-corrected chi connectivity index (χ3v) is 2.71. The van der Waals surface area contributed by atoms with E-state index in [-0.39, 0.29) is 24.7 Å². The van der Waals surface area contributed by atoms with E-state index in [1.165, 1.54) is 0 Å².